The van der Waals surface area contributed by atoms with Crippen LogP contribution in [0.1, 0.15) is 17.8 Å². The quantitative estimate of drug-likeness (QED) is 0.616. The van der Waals surface area contributed by atoms with Crippen molar-refractivity contribution in [2.75, 3.05) is 20.7 Å². The lowest BCUT2D eigenvalue weighted by Gasteiger charge is -2.22. The number of carbonyl (C=O) groups is 1. The molecule has 1 amide bonds. The summed E-state index contributed by atoms with van der Waals surface area (Å²) in [7, 11) is 3.55. The normalized spacial score (nSPS) is 16.6. The number of benzene rings is 2. The zero-order valence-electron chi connectivity index (χ0n) is 16.6. The van der Waals surface area contributed by atoms with Crippen molar-refractivity contribution in [2.45, 2.75) is 25.6 Å². The summed E-state index contributed by atoms with van der Waals surface area (Å²) in [6.45, 7) is 1.86. The predicted molar refractivity (Wildman–Crippen MR) is 108 cm³/mol. The van der Waals surface area contributed by atoms with E-state index in [0.29, 0.717) is 24.8 Å². The van der Waals surface area contributed by atoms with E-state index in [4.69, 9.17) is 9.26 Å². The van der Waals surface area contributed by atoms with Gasteiger partial charge in [-0.3, -0.25) is 9.69 Å². The Morgan fingerprint density at radius 3 is 2.66 bits per heavy atom. The number of hydrogen-bond acceptors (Lipinski definition) is 6. The van der Waals surface area contributed by atoms with Gasteiger partial charge in [0, 0.05) is 18.7 Å². The van der Waals surface area contributed by atoms with E-state index >= 15 is 0 Å². The first-order chi connectivity index (χ1) is 14.1. The van der Waals surface area contributed by atoms with Gasteiger partial charge in [0.05, 0.1) is 19.7 Å². The molecule has 0 spiro atoms. The van der Waals surface area contributed by atoms with E-state index in [-0.39, 0.29) is 11.9 Å². The summed E-state index contributed by atoms with van der Waals surface area (Å²) < 4.78 is 10.6. The molecule has 0 radical (unpaired) electrons. The molecule has 0 saturated carbocycles. The average Bonchev–Trinajstić information content (AvgIpc) is 3.36. The van der Waals surface area contributed by atoms with Crippen LogP contribution in [0.25, 0.3) is 11.5 Å². The number of ether oxygens (including phenoxy) is 1. The summed E-state index contributed by atoms with van der Waals surface area (Å²) in [5.74, 6) is 1.94. The number of rotatable bonds is 7. The molecule has 4 rings (SSSR count). The molecule has 150 valence electrons. The summed E-state index contributed by atoms with van der Waals surface area (Å²) in [4.78, 5) is 21.2. The molecule has 0 N–H and O–H groups in total. The first-order valence-electron chi connectivity index (χ1n) is 9.64. The van der Waals surface area contributed by atoms with Crippen molar-refractivity contribution in [1.29, 1.82) is 0 Å². The van der Waals surface area contributed by atoms with Crippen LogP contribution in [0.2, 0.25) is 0 Å². The predicted octanol–water partition coefficient (Wildman–Crippen LogP) is 2.98. The van der Waals surface area contributed by atoms with Gasteiger partial charge in [-0.2, -0.15) is 4.98 Å². The van der Waals surface area contributed by atoms with Gasteiger partial charge in [-0.1, -0.05) is 35.5 Å². The molecule has 0 bridgehead atoms. The fourth-order valence-corrected chi connectivity index (χ4v) is 3.59. The van der Waals surface area contributed by atoms with Crippen LogP contribution < -0.4 is 4.74 Å². The van der Waals surface area contributed by atoms with Crippen LogP contribution in [0.15, 0.2) is 59.1 Å². The molecule has 1 aliphatic heterocycles. The van der Waals surface area contributed by atoms with Crippen LogP contribution in [-0.2, 0) is 17.9 Å². The van der Waals surface area contributed by atoms with Crippen molar-refractivity contribution in [3.8, 4) is 17.2 Å². The molecule has 0 aliphatic carbocycles. The summed E-state index contributed by atoms with van der Waals surface area (Å²) in [6, 6.07) is 17.4. The summed E-state index contributed by atoms with van der Waals surface area (Å²) in [5.41, 5.74) is 1.98. The highest BCUT2D eigenvalue weighted by Gasteiger charge is 2.34. The van der Waals surface area contributed by atoms with Crippen LogP contribution >= 0.6 is 0 Å². The second-order valence-electron chi connectivity index (χ2n) is 7.21. The highest BCUT2D eigenvalue weighted by Crippen LogP contribution is 2.23. The SMILES string of the molecule is COc1ccc(-c2nc(CN(C)C3CCN(Cc4ccccc4)C3=O)no2)cc1. The van der Waals surface area contributed by atoms with E-state index in [2.05, 4.69) is 10.1 Å². The van der Waals surface area contributed by atoms with E-state index in [1.54, 1.807) is 7.11 Å². The Balaban J connectivity index is 1.37. The number of aromatic nitrogens is 2. The molecule has 1 saturated heterocycles. The van der Waals surface area contributed by atoms with Crippen molar-refractivity contribution in [1.82, 2.24) is 19.9 Å². The zero-order valence-corrected chi connectivity index (χ0v) is 16.6. The van der Waals surface area contributed by atoms with Crippen molar-refractivity contribution >= 4 is 5.91 Å². The molecular weight excluding hydrogens is 368 g/mol. The molecule has 2 heterocycles. The van der Waals surface area contributed by atoms with Crippen molar-refractivity contribution in [3.63, 3.8) is 0 Å². The van der Waals surface area contributed by atoms with Crippen molar-refractivity contribution in [2.24, 2.45) is 0 Å². The maximum Gasteiger partial charge on any atom is 0.257 e. The Bertz CT molecular complexity index is 956. The number of likely N-dealkylation sites (tertiary alicyclic amines) is 1. The third-order valence-electron chi connectivity index (χ3n) is 5.21. The average molecular weight is 392 g/mol. The number of hydrogen-bond donors (Lipinski definition) is 0. The molecule has 7 nitrogen and oxygen atoms in total. The number of nitrogens with zero attached hydrogens (tertiary/aromatic N) is 4. The molecule has 1 aliphatic rings. The first kappa shape index (κ1) is 19.1. The summed E-state index contributed by atoms with van der Waals surface area (Å²) in [6.07, 6.45) is 0.797. The molecular formula is C22H24N4O3. The maximum atomic E-state index is 12.8. The first-order valence-corrected chi connectivity index (χ1v) is 9.64. The Labute approximate surface area is 169 Å². The highest BCUT2D eigenvalue weighted by atomic mass is 16.5. The van der Waals surface area contributed by atoms with Crippen LogP contribution in [-0.4, -0.2) is 52.6 Å². The second-order valence-corrected chi connectivity index (χ2v) is 7.21. The van der Waals surface area contributed by atoms with Gasteiger partial charge in [-0.05, 0) is 43.3 Å². The van der Waals surface area contributed by atoms with Gasteiger partial charge in [0.1, 0.15) is 5.75 Å². The minimum absolute atomic E-state index is 0.148. The number of amides is 1. The van der Waals surface area contributed by atoms with Gasteiger partial charge >= 0.3 is 0 Å². The standard InChI is InChI=1S/C22H24N4O3/c1-25(19-12-13-26(22(19)27)14-16-6-4-3-5-7-16)15-20-23-21(29-24-20)17-8-10-18(28-2)11-9-17/h3-11,19H,12-15H2,1-2H3. The van der Waals surface area contributed by atoms with Gasteiger partial charge in [-0.15, -0.1) is 0 Å². The summed E-state index contributed by atoms with van der Waals surface area (Å²) in [5, 5.41) is 4.07. The Morgan fingerprint density at radius 1 is 1.17 bits per heavy atom. The van der Waals surface area contributed by atoms with Gasteiger partial charge in [0.2, 0.25) is 5.91 Å². The molecule has 1 fully saturated rings. The lowest BCUT2D eigenvalue weighted by Crippen LogP contribution is -2.39. The Hall–Kier alpha value is -3.19. The fraction of sp³-hybridized carbons (Fsp3) is 0.318. The fourth-order valence-electron chi connectivity index (χ4n) is 3.59. The van der Waals surface area contributed by atoms with Gasteiger partial charge < -0.3 is 14.2 Å². The molecule has 1 aromatic heterocycles. The van der Waals surface area contributed by atoms with Crippen LogP contribution in [0, 0.1) is 0 Å². The third-order valence-corrected chi connectivity index (χ3v) is 5.21. The van der Waals surface area contributed by atoms with E-state index in [1.807, 2.05) is 71.4 Å². The van der Waals surface area contributed by atoms with E-state index < -0.39 is 0 Å². The lowest BCUT2D eigenvalue weighted by atomic mass is 10.2. The minimum atomic E-state index is -0.165. The maximum absolute atomic E-state index is 12.8. The van der Waals surface area contributed by atoms with Crippen LogP contribution in [0.4, 0.5) is 0 Å². The minimum Gasteiger partial charge on any atom is -0.497 e. The second kappa shape index (κ2) is 8.45. The summed E-state index contributed by atoms with van der Waals surface area (Å²) >= 11 is 0. The molecule has 3 aromatic rings. The van der Waals surface area contributed by atoms with Crippen LogP contribution in [0.3, 0.4) is 0 Å². The van der Waals surface area contributed by atoms with E-state index in [1.165, 1.54) is 0 Å². The zero-order chi connectivity index (χ0) is 20.2. The number of likely N-dealkylation sites (N-methyl/N-ethyl adjacent to an activating group) is 1. The molecule has 7 heteroatoms. The van der Waals surface area contributed by atoms with Gasteiger partial charge in [-0.25, -0.2) is 0 Å². The monoisotopic (exact) mass is 392 g/mol. The Kier molecular flexibility index (Phi) is 5.57. The third kappa shape index (κ3) is 4.30. The smallest absolute Gasteiger partial charge is 0.257 e. The van der Waals surface area contributed by atoms with Gasteiger partial charge in [0.15, 0.2) is 5.82 Å². The van der Waals surface area contributed by atoms with E-state index in [9.17, 15) is 4.79 Å². The molecule has 1 unspecified atom stereocenters. The molecule has 2 aromatic carbocycles. The van der Waals surface area contributed by atoms with Crippen molar-refractivity contribution < 1.29 is 14.1 Å². The Morgan fingerprint density at radius 2 is 1.93 bits per heavy atom. The van der Waals surface area contributed by atoms with E-state index in [0.717, 1.165) is 29.8 Å². The number of carbonyl (C=O) groups excluding carboxylic acids is 1. The lowest BCUT2D eigenvalue weighted by molar-refractivity contribution is -0.132. The highest BCUT2D eigenvalue weighted by molar-refractivity contribution is 5.83. The van der Waals surface area contributed by atoms with Crippen molar-refractivity contribution in [3.05, 3.63) is 66.0 Å². The number of methoxy groups -OCH3 is 1. The van der Waals surface area contributed by atoms with Crippen LogP contribution in [0.5, 0.6) is 5.75 Å². The molecule has 29 heavy (non-hydrogen) atoms. The largest absolute Gasteiger partial charge is 0.497 e. The molecule has 1 atom stereocenters. The topological polar surface area (TPSA) is 71.7 Å². The van der Waals surface area contributed by atoms with Gasteiger partial charge in [0.25, 0.3) is 5.89 Å².